The molecule has 1 aliphatic rings. The van der Waals surface area contributed by atoms with Crippen LogP contribution in [0.3, 0.4) is 0 Å². The zero-order valence-corrected chi connectivity index (χ0v) is 23.9. The number of aromatic nitrogens is 1. The molecule has 4 aromatic carbocycles. The van der Waals surface area contributed by atoms with Gasteiger partial charge in [-0.3, -0.25) is 19.8 Å². The van der Waals surface area contributed by atoms with Gasteiger partial charge < -0.3 is 10.2 Å². The van der Waals surface area contributed by atoms with Crippen molar-refractivity contribution in [1.82, 2.24) is 4.98 Å². The Morgan fingerprint density at radius 2 is 1.70 bits per heavy atom. The van der Waals surface area contributed by atoms with Crippen molar-refractivity contribution in [2.75, 3.05) is 4.90 Å². The first-order valence-electron chi connectivity index (χ1n) is 12.8. The van der Waals surface area contributed by atoms with Gasteiger partial charge in [0.2, 0.25) is 11.0 Å². The summed E-state index contributed by atoms with van der Waals surface area (Å²) in [6, 6.07) is 22.4. The lowest BCUT2D eigenvalue weighted by atomic mass is 10.1. The number of thiazole rings is 1. The molecule has 1 fully saturated rings. The van der Waals surface area contributed by atoms with Gasteiger partial charge in [0.15, 0.2) is 0 Å². The van der Waals surface area contributed by atoms with Crippen LogP contribution in [0, 0.1) is 10.1 Å². The summed E-state index contributed by atoms with van der Waals surface area (Å²) in [6.07, 6.45) is 0. The molecule has 1 aromatic heterocycles. The van der Waals surface area contributed by atoms with Gasteiger partial charge in [-0.1, -0.05) is 29.5 Å². The van der Waals surface area contributed by atoms with Crippen molar-refractivity contribution in [3.63, 3.8) is 0 Å². The number of anilines is 1. The molecule has 12 nitrogen and oxygen atoms in total. The third-order valence-electron chi connectivity index (χ3n) is 6.50. The molecule has 0 spiro atoms. The van der Waals surface area contributed by atoms with Crippen LogP contribution in [0.25, 0.3) is 10.2 Å². The van der Waals surface area contributed by atoms with Crippen molar-refractivity contribution >= 4 is 72.8 Å². The molecule has 1 aliphatic heterocycles. The van der Waals surface area contributed by atoms with Crippen LogP contribution in [0.15, 0.2) is 105 Å². The van der Waals surface area contributed by atoms with Gasteiger partial charge in [-0.15, -0.1) is 27.1 Å². The number of aromatic hydroxyl groups is 2. The summed E-state index contributed by atoms with van der Waals surface area (Å²) in [7, 11) is 0. The highest BCUT2D eigenvalue weighted by Gasteiger charge is 2.42. The molecule has 14 heteroatoms. The topological polar surface area (TPSA) is 166 Å². The van der Waals surface area contributed by atoms with E-state index in [1.807, 2.05) is 24.3 Å². The van der Waals surface area contributed by atoms with Gasteiger partial charge in [-0.25, -0.2) is 4.98 Å². The van der Waals surface area contributed by atoms with E-state index >= 15 is 0 Å². The number of fused-ring (bicyclic) bond motifs is 1. The van der Waals surface area contributed by atoms with Crippen LogP contribution in [-0.4, -0.2) is 31.3 Å². The number of nitro groups is 1. The number of phenols is 2. The fraction of sp³-hybridized carbons (Fsp3) is 0.103. The normalized spacial score (nSPS) is 17.0. The number of rotatable bonds is 7. The molecule has 0 saturated carbocycles. The average Bonchev–Trinajstić information content (AvgIpc) is 3.55. The first kappa shape index (κ1) is 27.9. The van der Waals surface area contributed by atoms with Crippen LogP contribution in [-0.2, 0) is 4.79 Å². The number of hydrogen-bond donors (Lipinski definition) is 2. The summed E-state index contributed by atoms with van der Waals surface area (Å²) in [5, 5.41) is 48.7. The highest BCUT2D eigenvalue weighted by Crippen LogP contribution is 2.51. The standard InChI is InChI=1S/C29H21N7O5S2/c1-16-27(39)35(24-15-20(37)10-11-22(24)33-31-17-5-4-6-19(13-17)36(40)41)28(42-16)21-14-18(9-12-25(21)38)32-34-29-30-23-7-2-3-8-26(23)43-29/h2-16,28,37-38H,1H3. The smallest absolute Gasteiger partial charge is 0.271 e. The Balaban J connectivity index is 1.35. The largest absolute Gasteiger partial charge is 0.508 e. The first-order chi connectivity index (χ1) is 20.8. The maximum Gasteiger partial charge on any atom is 0.271 e. The monoisotopic (exact) mass is 611 g/mol. The van der Waals surface area contributed by atoms with Gasteiger partial charge >= 0.3 is 0 Å². The van der Waals surface area contributed by atoms with Gasteiger partial charge in [0, 0.05) is 23.8 Å². The van der Waals surface area contributed by atoms with Crippen molar-refractivity contribution < 1.29 is 19.9 Å². The van der Waals surface area contributed by atoms with Gasteiger partial charge in [-0.05, 0) is 55.5 Å². The Bertz CT molecular complexity index is 1910. The van der Waals surface area contributed by atoms with E-state index in [0.717, 1.165) is 10.2 Å². The summed E-state index contributed by atoms with van der Waals surface area (Å²) in [6.45, 7) is 1.75. The predicted molar refractivity (Wildman–Crippen MR) is 165 cm³/mol. The van der Waals surface area contributed by atoms with Crippen molar-refractivity contribution in [2.24, 2.45) is 20.5 Å². The summed E-state index contributed by atoms with van der Waals surface area (Å²) in [4.78, 5) is 30.0. The Morgan fingerprint density at radius 1 is 0.907 bits per heavy atom. The summed E-state index contributed by atoms with van der Waals surface area (Å²) >= 11 is 2.71. The molecule has 0 bridgehead atoms. The number of carbonyl (C=O) groups excluding carboxylic acids is 1. The highest BCUT2D eigenvalue weighted by atomic mass is 32.2. The third-order valence-corrected chi connectivity index (χ3v) is 8.75. The Morgan fingerprint density at radius 3 is 2.51 bits per heavy atom. The van der Waals surface area contributed by atoms with Crippen molar-refractivity contribution in [1.29, 1.82) is 0 Å². The molecule has 1 saturated heterocycles. The van der Waals surface area contributed by atoms with Gasteiger partial charge in [0.05, 0.1) is 37.5 Å². The van der Waals surface area contributed by atoms with E-state index in [1.54, 1.807) is 25.1 Å². The lowest BCUT2D eigenvalue weighted by Gasteiger charge is -2.26. The fourth-order valence-electron chi connectivity index (χ4n) is 4.46. The van der Waals surface area contributed by atoms with Crippen molar-refractivity contribution in [3.8, 4) is 11.5 Å². The minimum Gasteiger partial charge on any atom is -0.508 e. The molecule has 5 aromatic rings. The number of para-hydroxylation sites is 1. The summed E-state index contributed by atoms with van der Waals surface area (Å²) in [5.41, 5.74) is 2.27. The zero-order valence-electron chi connectivity index (χ0n) is 22.3. The molecular weight excluding hydrogens is 590 g/mol. The number of nitrogens with zero attached hydrogens (tertiary/aromatic N) is 7. The number of amides is 1. The zero-order chi connectivity index (χ0) is 30.1. The van der Waals surface area contributed by atoms with Gasteiger partial charge in [0.1, 0.15) is 22.6 Å². The molecular formula is C29H21N7O5S2. The van der Waals surface area contributed by atoms with Crippen LogP contribution in [0.5, 0.6) is 11.5 Å². The molecule has 1 amide bonds. The van der Waals surface area contributed by atoms with E-state index in [-0.39, 0.29) is 40.2 Å². The number of benzene rings is 4. The number of phenolic OH excluding ortho intramolecular Hbond substituents is 2. The second-order valence-electron chi connectivity index (χ2n) is 9.40. The molecule has 214 valence electrons. The SMILES string of the molecule is CC1SC(c2cc(N=Nc3nc4ccccc4s3)ccc2O)N(c2cc(O)ccc2N=Nc2cccc([N+](=O)[O-])c2)C1=O. The number of azo groups is 2. The summed E-state index contributed by atoms with van der Waals surface area (Å²) < 4.78 is 0.984. The van der Waals surface area contributed by atoms with E-state index in [4.69, 9.17) is 0 Å². The number of nitro benzene ring substituents is 1. The third kappa shape index (κ3) is 5.78. The van der Waals surface area contributed by atoms with E-state index in [1.165, 1.54) is 70.5 Å². The minimum atomic E-state index is -0.700. The quantitative estimate of drug-likeness (QED) is 0.105. The molecule has 0 aliphatic carbocycles. The molecule has 43 heavy (non-hydrogen) atoms. The Kier molecular flexibility index (Phi) is 7.52. The predicted octanol–water partition coefficient (Wildman–Crippen LogP) is 8.61. The van der Waals surface area contributed by atoms with E-state index in [9.17, 15) is 25.1 Å². The van der Waals surface area contributed by atoms with Crippen LogP contribution >= 0.6 is 23.1 Å². The first-order valence-corrected chi connectivity index (χ1v) is 14.6. The van der Waals surface area contributed by atoms with Crippen LogP contribution in [0.1, 0.15) is 17.9 Å². The number of non-ortho nitro benzene ring substituents is 1. The van der Waals surface area contributed by atoms with E-state index in [2.05, 4.69) is 25.4 Å². The van der Waals surface area contributed by atoms with Crippen LogP contribution < -0.4 is 4.90 Å². The molecule has 2 N–H and O–H groups in total. The Labute approximate surface area is 252 Å². The second-order valence-corrected chi connectivity index (χ2v) is 11.8. The average molecular weight is 612 g/mol. The maximum absolute atomic E-state index is 13.5. The molecule has 2 unspecified atom stereocenters. The molecule has 2 heterocycles. The van der Waals surface area contributed by atoms with Gasteiger partial charge in [0.25, 0.3) is 5.69 Å². The lowest BCUT2D eigenvalue weighted by Crippen LogP contribution is -2.30. The maximum atomic E-state index is 13.5. The fourth-order valence-corrected chi connectivity index (χ4v) is 6.53. The molecule has 2 atom stereocenters. The number of thioether (sulfide) groups is 1. The van der Waals surface area contributed by atoms with Crippen LogP contribution in [0.2, 0.25) is 0 Å². The van der Waals surface area contributed by atoms with Crippen molar-refractivity contribution in [3.05, 3.63) is 101 Å². The van der Waals surface area contributed by atoms with Crippen molar-refractivity contribution in [2.45, 2.75) is 17.5 Å². The van der Waals surface area contributed by atoms with Crippen LogP contribution in [0.4, 0.5) is 33.6 Å². The van der Waals surface area contributed by atoms with Gasteiger partial charge in [-0.2, -0.15) is 5.11 Å². The minimum absolute atomic E-state index is 0.0525. The lowest BCUT2D eigenvalue weighted by molar-refractivity contribution is -0.384. The van der Waals surface area contributed by atoms with E-state index < -0.39 is 15.5 Å². The number of carbonyl (C=O) groups is 1. The highest BCUT2D eigenvalue weighted by molar-refractivity contribution is 8.01. The molecule has 0 radical (unpaired) electrons. The molecule has 6 rings (SSSR count). The van der Waals surface area contributed by atoms with E-state index in [0.29, 0.717) is 16.4 Å². The number of hydrogen-bond acceptors (Lipinski definition) is 12. The summed E-state index contributed by atoms with van der Waals surface area (Å²) in [5.74, 6) is -0.431. The second kappa shape index (κ2) is 11.6. The Hall–Kier alpha value is -5.21.